The number of amides is 2. The van der Waals surface area contributed by atoms with Crippen LogP contribution in [0.15, 0.2) is 42.5 Å². The van der Waals surface area contributed by atoms with Gasteiger partial charge in [-0.05, 0) is 55.7 Å². The van der Waals surface area contributed by atoms with Crippen molar-refractivity contribution in [3.05, 3.63) is 59.2 Å². The van der Waals surface area contributed by atoms with Crippen molar-refractivity contribution in [1.29, 1.82) is 0 Å². The third-order valence-electron chi connectivity index (χ3n) is 4.00. The van der Waals surface area contributed by atoms with Crippen LogP contribution in [0.4, 0.5) is 5.69 Å². The minimum atomic E-state index is -0.559. The number of benzene rings is 2. The molecule has 0 atom stereocenters. The molecule has 0 saturated heterocycles. The van der Waals surface area contributed by atoms with Gasteiger partial charge in [-0.1, -0.05) is 12.1 Å². The molecule has 26 heavy (non-hydrogen) atoms. The van der Waals surface area contributed by atoms with E-state index >= 15 is 0 Å². The van der Waals surface area contributed by atoms with Crippen molar-refractivity contribution in [2.75, 3.05) is 5.32 Å². The Labute approximate surface area is 151 Å². The molecule has 2 aromatic rings. The zero-order valence-electron chi connectivity index (χ0n) is 14.7. The molecule has 2 aromatic carbocycles. The standard InChI is InChI=1S/C20H20N2O4/c1-12-6-7-15(11-18(12)21-13(2)23)20(25)26-17-5-3-4-14(10-17)19(24)22-16-8-9-16/h3-7,10-11,16H,8-9H2,1-2H3,(H,21,23)(H,22,24). The molecule has 1 saturated carbocycles. The summed E-state index contributed by atoms with van der Waals surface area (Å²) in [5.74, 6) is -0.655. The van der Waals surface area contributed by atoms with Crippen LogP contribution < -0.4 is 15.4 Å². The first-order chi connectivity index (χ1) is 12.4. The minimum Gasteiger partial charge on any atom is -0.423 e. The van der Waals surface area contributed by atoms with E-state index in [1.54, 1.807) is 42.5 Å². The lowest BCUT2D eigenvalue weighted by Crippen LogP contribution is -2.25. The average Bonchev–Trinajstić information content (AvgIpc) is 3.40. The molecule has 1 aliphatic carbocycles. The van der Waals surface area contributed by atoms with E-state index in [0.29, 0.717) is 22.6 Å². The molecular weight excluding hydrogens is 332 g/mol. The average molecular weight is 352 g/mol. The van der Waals surface area contributed by atoms with E-state index < -0.39 is 5.97 Å². The smallest absolute Gasteiger partial charge is 0.343 e. The van der Waals surface area contributed by atoms with Gasteiger partial charge in [0, 0.05) is 24.2 Å². The van der Waals surface area contributed by atoms with Crippen LogP contribution in [0.3, 0.4) is 0 Å². The molecule has 0 unspecified atom stereocenters. The van der Waals surface area contributed by atoms with Crippen LogP contribution in [-0.4, -0.2) is 23.8 Å². The van der Waals surface area contributed by atoms with Crippen LogP contribution in [0.1, 0.15) is 46.0 Å². The van der Waals surface area contributed by atoms with Gasteiger partial charge in [0.25, 0.3) is 5.91 Å². The highest BCUT2D eigenvalue weighted by molar-refractivity contribution is 5.97. The lowest BCUT2D eigenvalue weighted by molar-refractivity contribution is -0.114. The summed E-state index contributed by atoms with van der Waals surface area (Å²) in [4.78, 5) is 35.7. The summed E-state index contributed by atoms with van der Waals surface area (Å²) in [5, 5.41) is 5.58. The summed E-state index contributed by atoms with van der Waals surface area (Å²) in [6, 6.07) is 11.7. The van der Waals surface area contributed by atoms with E-state index in [1.807, 2.05) is 6.92 Å². The number of aryl methyl sites for hydroxylation is 1. The van der Waals surface area contributed by atoms with Crippen molar-refractivity contribution in [2.24, 2.45) is 0 Å². The van der Waals surface area contributed by atoms with Crippen molar-refractivity contribution in [2.45, 2.75) is 32.7 Å². The van der Waals surface area contributed by atoms with Gasteiger partial charge >= 0.3 is 5.97 Å². The first-order valence-electron chi connectivity index (χ1n) is 8.44. The minimum absolute atomic E-state index is 0.173. The third kappa shape index (κ3) is 4.47. The number of rotatable bonds is 5. The summed E-state index contributed by atoms with van der Waals surface area (Å²) >= 11 is 0. The van der Waals surface area contributed by atoms with Crippen LogP contribution in [0.2, 0.25) is 0 Å². The third-order valence-corrected chi connectivity index (χ3v) is 4.00. The zero-order chi connectivity index (χ0) is 18.7. The second kappa shape index (κ2) is 7.39. The molecule has 1 aliphatic rings. The van der Waals surface area contributed by atoms with Gasteiger partial charge in [-0.15, -0.1) is 0 Å². The molecule has 2 N–H and O–H groups in total. The largest absolute Gasteiger partial charge is 0.423 e. The van der Waals surface area contributed by atoms with E-state index in [2.05, 4.69) is 10.6 Å². The molecule has 0 aromatic heterocycles. The van der Waals surface area contributed by atoms with Gasteiger partial charge in [0.2, 0.25) is 5.91 Å². The predicted octanol–water partition coefficient (Wildman–Crippen LogP) is 3.06. The maximum absolute atomic E-state index is 12.4. The number of carbonyl (C=O) groups excluding carboxylic acids is 3. The normalized spacial score (nSPS) is 13.0. The van der Waals surface area contributed by atoms with Gasteiger partial charge in [0.05, 0.1) is 5.56 Å². The second-order valence-corrected chi connectivity index (χ2v) is 6.38. The topological polar surface area (TPSA) is 84.5 Å². The predicted molar refractivity (Wildman–Crippen MR) is 97.4 cm³/mol. The van der Waals surface area contributed by atoms with Crippen LogP contribution >= 0.6 is 0 Å². The fraction of sp³-hybridized carbons (Fsp3) is 0.250. The fourth-order valence-corrected chi connectivity index (χ4v) is 2.44. The number of esters is 1. The molecule has 1 fully saturated rings. The highest BCUT2D eigenvalue weighted by atomic mass is 16.5. The number of hydrogen-bond donors (Lipinski definition) is 2. The van der Waals surface area contributed by atoms with Crippen LogP contribution in [-0.2, 0) is 4.79 Å². The number of hydrogen-bond acceptors (Lipinski definition) is 4. The molecule has 6 heteroatoms. The first-order valence-corrected chi connectivity index (χ1v) is 8.44. The highest BCUT2D eigenvalue weighted by Gasteiger charge is 2.24. The Morgan fingerprint density at radius 2 is 1.81 bits per heavy atom. The number of ether oxygens (including phenoxy) is 1. The Bertz CT molecular complexity index is 872. The second-order valence-electron chi connectivity index (χ2n) is 6.38. The molecule has 2 amide bonds. The lowest BCUT2D eigenvalue weighted by Gasteiger charge is -2.10. The van der Waals surface area contributed by atoms with Gasteiger partial charge in [-0.25, -0.2) is 4.79 Å². The Balaban J connectivity index is 1.73. The van der Waals surface area contributed by atoms with Crippen molar-refractivity contribution < 1.29 is 19.1 Å². The molecule has 134 valence electrons. The molecule has 3 rings (SSSR count). The Hall–Kier alpha value is -3.15. The van der Waals surface area contributed by atoms with Gasteiger partial charge in [-0.3, -0.25) is 9.59 Å². The summed E-state index contributed by atoms with van der Waals surface area (Å²) in [6.07, 6.45) is 2.01. The van der Waals surface area contributed by atoms with Crippen molar-refractivity contribution in [3.63, 3.8) is 0 Å². The van der Waals surface area contributed by atoms with Crippen LogP contribution in [0.5, 0.6) is 5.75 Å². The number of anilines is 1. The summed E-state index contributed by atoms with van der Waals surface area (Å²) in [5.41, 5.74) is 2.16. The molecule has 0 bridgehead atoms. The summed E-state index contributed by atoms with van der Waals surface area (Å²) in [7, 11) is 0. The van der Waals surface area contributed by atoms with Crippen LogP contribution in [0, 0.1) is 6.92 Å². The SMILES string of the molecule is CC(=O)Nc1cc(C(=O)Oc2cccc(C(=O)NC3CC3)c2)ccc1C. The van der Waals surface area contributed by atoms with E-state index in [1.165, 1.54) is 6.92 Å². The Morgan fingerprint density at radius 1 is 1.04 bits per heavy atom. The maximum atomic E-state index is 12.4. The first kappa shape index (κ1) is 17.7. The Morgan fingerprint density at radius 3 is 2.50 bits per heavy atom. The summed E-state index contributed by atoms with van der Waals surface area (Å²) in [6.45, 7) is 3.24. The maximum Gasteiger partial charge on any atom is 0.343 e. The van der Waals surface area contributed by atoms with E-state index in [0.717, 1.165) is 18.4 Å². The van der Waals surface area contributed by atoms with Gasteiger partial charge in [0.1, 0.15) is 5.75 Å². The zero-order valence-corrected chi connectivity index (χ0v) is 14.7. The molecule has 0 radical (unpaired) electrons. The van der Waals surface area contributed by atoms with Gasteiger partial charge in [0.15, 0.2) is 0 Å². The van der Waals surface area contributed by atoms with Crippen molar-refractivity contribution in [3.8, 4) is 5.75 Å². The molecule has 0 spiro atoms. The molecule has 6 nitrogen and oxygen atoms in total. The van der Waals surface area contributed by atoms with Gasteiger partial charge in [-0.2, -0.15) is 0 Å². The quantitative estimate of drug-likeness (QED) is 0.640. The van der Waals surface area contributed by atoms with E-state index in [9.17, 15) is 14.4 Å². The van der Waals surface area contributed by atoms with Crippen LogP contribution in [0.25, 0.3) is 0 Å². The van der Waals surface area contributed by atoms with Crippen molar-refractivity contribution >= 4 is 23.5 Å². The fourth-order valence-electron chi connectivity index (χ4n) is 2.44. The van der Waals surface area contributed by atoms with E-state index in [4.69, 9.17) is 4.74 Å². The monoisotopic (exact) mass is 352 g/mol. The number of carbonyl (C=O) groups is 3. The molecule has 0 aliphatic heterocycles. The molecular formula is C20H20N2O4. The molecule has 0 heterocycles. The highest BCUT2D eigenvalue weighted by Crippen LogP contribution is 2.22. The lowest BCUT2D eigenvalue weighted by atomic mass is 10.1. The van der Waals surface area contributed by atoms with Crippen molar-refractivity contribution in [1.82, 2.24) is 5.32 Å². The summed E-state index contributed by atoms with van der Waals surface area (Å²) < 4.78 is 5.38. The number of nitrogens with one attached hydrogen (secondary N) is 2. The van der Waals surface area contributed by atoms with E-state index in [-0.39, 0.29) is 17.9 Å². The van der Waals surface area contributed by atoms with Gasteiger partial charge < -0.3 is 15.4 Å². The Kier molecular flexibility index (Phi) is 5.02.